The average molecular weight is 516 g/mol. The maximum Gasteiger partial charge on any atom is 0.307 e. The molecule has 190 valence electrons. The van der Waals surface area contributed by atoms with E-state index in [0.717, 1.165) is 5.56 Å². The fourth-order valence-corrected chi connectivity index (χ4v) is 4.61. The number of amides is 1. The molecule has 0 aliphatic carbocycles. The van der Waals surface area contributed by atoms with E-state index >= 15 is 0 Å². The van der Waals surface area contributed by atoms with Crippen LogP contribution >= 0.6 is 11.6 Å². The number of rotatable bonds is 11. The average Bonchev–Trinajstić information content (AvgIpc) is 3.37. The Morgan fingerprint density at radius 2 is 1.97 bits per heavy atom. The van der Waals surface area contributed by atoms with Crippen LogP contribution in [0.3, 0.4) is 0 Å². The van der Waals surface area contributed by atoms with Crippen LogP contribution in [0.25, 0.3) is 11.1 Å². The Hall–Kier alpha value is -3.34. The minimum atomic E-state index is -0.948. The number of nitrogens with one attached hydrogen (secondary N) is 2. The van der Waals surface area contributed by atoms with Gasteiger partial charge in [0.05, 0.1) is 12.1 Å². The fraction of sp³-hybridized carbons (Fsp3) is 0.360. The lowest BCUT2D eigenvalue weighted by atomic mass is 9.91. The lowest BCUT2D eigenvalue weighted by molar-refractivity contribution is -0.143. The minimum absolute atomic E-state index is 0.0836. The van der Waals surface area contributed by atoms with E-state index < -0.39 is 23.8 Å². The molecule has 0 bridgehead atoms. The lowest BCUT2D eigenvalue weighted by Crippen LogP contribution is -2.51. The molecule has 36 heavy (non-hydrogen) atoms. The van der Waals surface area contributed by atoms with Gasteiger partial charge in [0.25, 0.3) is 5.91 Å². The summed E-state index contributed by atoms with van der Waals surface area (Å²) in [6, 6.07) is 11.0. The van der Waals surface area contributed by atoms with Gasteiger partial charge in [-0.2, -0.15) is 0 Å². The van der Waals surface area contributed by atoms with Crippen LogP contribution in [0.2, 0.25) is 5.02 Å². The Balaban J connectivity index is 1.49. The Labute approximate surface area is 212 Å². The number of aliphatic hydroxyl groups excluding tert-OH is 1. The van der Waals surface area contributed by atoms with E-state index in [1.807, 2.05) is 17.0 Å². The largest absolute Gasteiger partial charge is 0.481 e. The van der Waals surface area contributed by atoms with Crippen LogP contribution in [0.1, 0.15) is 22.5 Å². The number of aromatic nitrogens is 3. The number of benzene rings is 2. The van der Waals surface area contributed by atoms with Crippen molar-refractivity contribution in [1.29, 1.82) is 0 Å². The number of aliphatic hydroxyl groups is 1. The van der Waals surface area contributed by atoms with Gasteiger partial charge in [-0.15, -0.1) is 5.10 Å². The van der Waals surface area contributed by atoms with Crippen LogP contribution in [-0.4, -0.2) is 74.7 Å². The summed E-state index contributed by atoms with van der Waals surface area (Å²) in [5.74, 6) is -2.31. The second kappa shape index (κ2) is 11.6. The Morgan fingerprint density at radius 1 is 1.22 bits per heavy atom. The first-order chi connectivity index (χ1) is 17.3. The smallest absolute Gasteiger partial charge is 0.307 e. The molecule has 0 radical (unpaired) electrons. The summed E-state index contributed by atoms with van der Waals surface area (Å²) >= 11 is 6.02. The van der Waals surface area contributed by atoms with Gasteiger partial charge >= 0.3 is 5.97 Å². The van der Waals surface area contributed by atoms with Crippen LogP contribution in [0.4, 0.5) is 4.39 Å². The number of halogens is 2. The molecule has 1 aliphatic rings. The SMILES string of the molecule is O=C(N[C@H](Cc1ccc(-c2cc(Cl)ccc2F)cc1)C[C@@H](CN1CC(CO)C1)C(=O)O)c1cnn[nH]1. The van der Waals surface area contributed by atoms with E-state index in [2.05, 4.69) is 20.7 Å². The molecule has 1 saturated heterocycles. The molecule has 0 saturated carbocycles. The first-order valence-electron chi connectivity index (χ1n) is 11.6. The summed E-state index contributed by atoms with van der Waals surface area (Å²) in [5.41, 5.74) is 2.06. The summed E-state index contributed by atoms with van der Waals surface area (Å²) in [6.45, 7) is 1.72. The van der Waals surface area contributed by atoms with Gasteiger partial charge in [0.15, 0.2) is 0 Å². The Morgan fingerprint density at radius 3 is 2.61 bits per heavy atom. The highest BCUT2D eigenvalue weighted by molar-refractivity contribution is 6.30. The summed E-state index contributed by atoms with van der Waals surface area (Å²) in [7, 11) is 0. The number of carboxylic acid groups (broad SMARTS) is 1. The van der Waals surface area contributed by atoms with E-state index in [1.54, 1.807) is 18.2 Å². The minimum Gasteiger partial charge on any atom is -0.481 e. The van der Waals surface area contributed by atoms with Gasteiger partial charge in [-0.05, 0) is 42.2 Å². The first-order valence-corrected chi connectivity index (χ1v) is 12.0. The van der Waals surface area contributed by atoms with E-state index in [-0.39, 0.29) is 30.5 Å². The van der Waals surface area contributed by atoms with Gasteiger partial charge in [0.2, 0.25) is 0 Å². The summed E-state index contributed by atoms with van der Waals surface area (Å²) in [4.78, 5) is 26.7. The van der Waals surface area contributed by atoms with Gasteiger partial charge in [-0.1, -0.05) is 41.1 Å². The predicted octanol–water partition coefficient (Wildman–Crippen LogP) is 2.62. The molecular weight excluding hydrogens is 489 g/mol. The molecule has 4 rings (SSSR count). The third kappa shape index (κ3) is 6.45. The van der Waals surface area contributed by atoms with Crippen molar-refractivity contribution in [3.8, 4) is 11.1 Å². The Kier molecular flexibility index (Phi) is 8.29. The molecule has 1 aliphatic heterocycles. The van der Waals surface area contributed by atoms with Crippen molar-refractivity contribution in [2.24, 2.45) is 11.8 Å². The molecule has 2 atom stereocenters. The van der Waals surface area contributed by atoms with Gasteiger partial charge in [0.1, 0.15) is 11.5 Å². The van der Waals surface area contributed by atoms with E-state index in [0.29, 0.717) is 42.2 Å². The zero-order chi connectivity index (χ0) is 25.7. The monoisotopic (exact) mass is 515 g/mol. The summed E-state index contributed by atoms with van der Waals surface area (Å²) in [6.07, 6.45) is 1.87. The summed E-state index contributed by atoms with van der Waals surface area (Å²) < 4.78 is 14.3. The van der Waals surface area contributed by atoms with Gasteiger partial charge < -0.3 is 20.4 Å². The third-order valence-corrected chi connectivity index (χ3v) is 6.59. The first kappa shape index (κ1) is 25.7. The van der Waals surface area contributed by atoms with Crippen molar-refractivity contribution >= 4 is 23.5 Å². The fourth-order valence-electron chi connectivity index (χ4n) is 4.44. The van der Waals surface area contributed by atoms with Gasteiger partial charge in [-0.25, -0.2) is 4.39 Å². The molecule has 1 aromatic heterocycles. The molecule has 1 fully saturated rings. The van der Waals surface area contributed by atoms with Crippen molar-refractivity contribution in [3.05, 3.63) is 70.8 Å². The number of aliphatic carboxylic acids is 1. The molecule has 3 aromatic rings. The lowest BCUT2D eigenvalue weighted by Gasteiger charge is -2.40. The summed E-state index contributed by atoms with van der Waals surface area (Å²) in [5, 5.41) is 32.1. The number of carbonyl (C=O) groups is 2. The Bertz CT molecular complexity index is 1190. The van der Waals surface area contributed by atoms with Crippen LogP contribution in [0.15, 0.2) is 48.7 Å². The molecule has 4 N–H and O–H groups in total. The van der Waals surface area contributed by atoms with Gasteiger partial charge in [-0.3, -0.25) is 14.7 Å². The van der Waals surface area contributed by atoms with Crippen LogP contribution in [0.5, 0.6) is 0 Å². The normalized spacial score (nSPS) is 15.8. The molecule has 1 amide bonds. The number of nitrogens with zero attached hydrogens (tertiary/aromatic N) is 3. The van der Waals surface area contributed by atoms with Gasteiger partial charge in [0, 0.05) is 48.8 Å². The second-order valence-electron chi connectivity index (χ2n) is 9.10. The molecule has 0 unspecified atom stereocenters. The quantitative estimate of drug-likeness (QED) is 0.308. The molecule has 2 aromatic carbocycles. The van der Waals surface area contributed by atoms with Crippen LogP contribution in [-0.2, 0) is 11.2 Å². The zero-order valence-corrected chi connectivity index (χ0v) is 20.2. The number of hydrogen-bond donors (Lipinski definition) is 4. The maximum absolute atomic E-state index is 14.3. The number of carboxylic acids is 1. The van der Waals surface area contributed by atoms with E-state index in [1.165, 1.54) is 18.3 Å². The zero-order valence-electron chi connectivity index (χ0n) is 19.4. The number of aromatic amines is 1. The van der Waals surface area contributed by atoms with Crippen molar-refractivity contribution < 1.29 is 24.2 Å². The third-order valence-electron chi connectivity index (χ3n) is 6.36. The van der Waals surface area contributed by atoms with Crippen molar-refractivity contribution in [1.82, 2.24) is 25.6 Å². The van der Waals surface area contributed by atoms with Crippen molar-refractivity contribution in [2.45, 2.75) is 18.9 Å². The van der Waals surface area contributed by atoms with Crippen LogP contribution in [0, 0.1) is 17.7 Å². The highest BCUT2D eigenvalue weighted by atomic mass is 35.5. The van der Waals surface area contributed by atoms with Crippen molar-refractivity contribution in [3.63, 3.8) is 0 Å². The van der Waals surface area contributed by atoms with Crippen LogP contribution < -0.4 is 5.32 Å². The van der Waals surface area contributed by atoms with E-state index in [4.69, 9.17) is 11.6 Å². The second-order valence-corrected chi connectivity index (χ2v) is 9.54. The van der Waals surface area contributed by atoms with E-state index in [9.17, 15) is 24.2 Å². The number of carbonyl (C=O) groups excluding carboxylic acids is 1. The highest BCUT2D eigenvalue weighted by Crippen LogP contribution is 2.27. The number of likely N-dealkylation sites (tertiary alicyclic amines) is 1. The number of H-pyrrole nitrogens is 1. The molecule has 9 nitrogen and oxygen atoms in total. The van der Waals surface area contributed by atoms with Crippen molar-refractivity contribution in [2.75, 3.05) is 26.2 Å². The predicted molar refractivity (Wildman–Crippen MR) is 131 cm³/mol. The maximum atomic E-state index is 14.3. The molecule has 2 heterocycles. The molecule has 0 spiro atoms. The highest BCUT2D eigenvalue weighted by Gasteiger charge is 2.32. The number of hydrogen-bond acceptors (Lipinski definition) is 6. The topological polar surface area (TPSA) is 131 Å². The molecular formula is C25H27ClFN5O4. The standard InChI is InChI=1S/C25H27ClFN5O4/c26-19-5-6-22(27)21(9-19)17-3-1-15(2-4-17)7-20(29-24(34)23-10-28-31-30-23)8-18(25(35)36)13-32-11-16(12-32)14-33/h1-6,9-10,16,18,20,33H,7-8,11-14H2,(H,29,34)(H,35,36)(H,28,30,31)/t18-,20+/m0/s1. The molecule has 11 heteroatoms.